The molecule has 3 atom stereocenters. The Balaban J connectivity index is 1.67. The number of benzene rings is 1. The molecule has 0 spiro atoms. The number of nitrogens with zero attached hydrogens (tertiary/aromatic N) is 1. The van der Waals surface area contributed by atoms with Gasteiger partial charge >= 0.3 is 0 Å². The second kappa shape index (κ2) is 6.73. The fourth-order valence-corrected chi connectivity index (χ4v) is 4.12. The molecule has 0 amide bonds. The second-order valence-corrected chi connectivity index (χ2v) is 6.40. The molecule has 20 heavy (non-hydrogen) atoms. The standard InChI is InChI=1S/C18H28N2/c1-2-16(14-15-8-4-3-5-9-15)20-13-7-11-18(20)17-10-6-12-19-17/h3-5,8-9,16-19H,2,6-7,10-14H2,1H3. The van der Waals surface area contributed by atoms with Crippen LogP contribution >= 0.6 is 0 Å². The van der Waals surface area contributed by atoms with Crippen molar-refractivity contribution in [2.45, 2.75) is 63.6 Å². The Kier molecular flexibility index (Phi) is 4.74. The van der Waals surface area contributed by atoms with E-state index in [0.717, 1.165) is 12.1 Å². The molecule has 0 radical (unpaired) electrons. The van der Waals surface area contributed by atoms with E-state index in [0.29, 0.717) is 6.04 Å². The van der Waals surface area contributed by atoms with Crippen LogP contribution in [-0.2, 0) is 6.42 Å². The van der Waals surface area contributed by atoms with Gasteiger partial charge in [0.25, 0.3) is 0 Å². The van der Waals surface area contributed by atoms with Crippen LogP contribution in [0.4, 0.5) is 0 Å². The number of hydrogen-bond donors (Lipinski definition) is 1. The molecule has 3 unspecified atom stereocenters. The van der Waals surface area contributed by atoms with Gasteiger partial charge in [0.1, 0.15) is 0 Å². The minimum Gasteiger partial charge on any atom is -0.312 e. The molecule has 2 heterocycles. The predicted molar refractivity (Wildman–Crippen MR) is 85.0 cm³/mol. The highest BCUT2D eigenvalue weighted by molar-refractivity contribution is 5.16. The van der Waals surface area contributed by atoms with Crippen LogP contribution in [0.2, 0.25) is 0 Å². The third kappa shape index (κ3) is 3.07. The van der Waals surface area contributed by atoms with Gasteiger partial charge in [-0.1, -0.05) is 37.3 Å². The first kappa shape index (κ1) is 14.1. The minimum atomic E-state index is 0.715. The summed E-state index contributed by atoms with van der Waals surface area (Å²) in [5, 5.41) is 3.73. The Morgan fingerprint density at radius 1 is 1.20 bits per heavy atom. The highest BCUT2D eigenvalue weighted by Crippen LogP contribution is 2.28. The van der Waals surface area contributed by atoms with Gasteiger partial charge in [-0.2, -0.15) is 0 Å². The Labute approximate surface area is 123 Å². The number of nitrogens with one attached hydrogen (secondary N) is 1. The lowest BCUT2D eigenvalue weighted by Crippen LogP contribution is -2.48. The lowest BCUT2D eigenvalue weighted by atomic mass is 9.98. The summed E-state index contributed by atoms with van der Waals surface area (Å²) < 4.78 is 0. The highest BCUT2D eigenvalue weighted by Gasteiger charge is 2.36. The second-order valence-electron chi connectivity index (χ2n) is 6.40. The maximum Gasteiger partial charge on any atom is 0.0252 e. The van der Waals surface area contributed by atoms with Crippen molar-refractivity contribution in [2.24, 2.45) is 0 Å². The van der Waals surface area contributed by atoms with Crippen molar-refractivity contribution in [1.82, 2.24) is 10.2 Å². The van der Waals surface area contributed by atoms with Crippen LogP contribution in [0.5, 0.6) is 0 Å². The van der Waals surface area contributed by atoms with Crippen molar-refractivity contribution in [1.29, 1.82) is 0 Å². The number of hydrogen-bond acceptors (Lipinski definition) is 2. The van der Waals surface area contributed by atoms with E-state index in [9.17, 15) is 0 Å². The molecule has 2 nitrogen and oxygen atoms in total. The van der Waals surface area contributed by atoms with E-state index in [4.69, 9.17) is 0 Å². The van der Waals surface area contributed by atoms with Gasteiger partial charge in [0.15, 0.2) is 0 Å². The van der Waals surface area contributed by atoms with Crippen molar-refractivity contribution in [2.75, 3.05) is 13.1 Å². The van der Waals surface area contributed by atoms with Crippen LogP contribution in [0.15, 0.2) is 30.3 Å². The summed E-state index contributed by atoms with van der Waals surface area (Å²) in [5.74, 6) is 0. The zero-order valence-electron chi connectivity index (χ0n) is 12.7. The third-order valence-corrected chi connectivity index (χ3v) is 5.16. The fraction of sp³-hybridized carbons (Fsp3) is 0.667. The highest BCUT2D eigenvalue weighted by atomic mass is 15.2. The summed E-state index contributed by atoms with van der Waals surface area (Å²) in [6, 6.07) is 13.3. The van der Waals surface area contributed by atoms with Crippen molar-refractivity contribution in [3.05, 3.63) is 35.9 Å². The zero-order valence-corrected chi connectivity index (χ0v) is 12.7. The van der Waals surface area contributed by atoms with Crippen LogP contribution in [0.1, 0.15) is 44.6 Å². The van der Waals surface area contributed by atoms with Gasteiger partial charge in [-0.15, -0.1) is 0 Å². The van der Waals surface area contributed by atoms with Gasteiger partial charge in [-0.3, -0.25) is 4.90 Å². The lowest BCUT2D eigenvalue weighted by molar-refractivity contribution is 0.147. The molecule has 1 aromatic carbocycles. The van der Waals surface area contributed by atoms with Gasteiger partial charge in [0, 0.05) is 18.1 Å². The number of rotatable bonds is 5. The normalized spacial score (nSPS) is 28.9. The summed E-state index contributed by atoms with van der Waals surface area (Å²) in [6.45, 7) is 4.88. The van der Waals surface area contributed by atoms with Gasteiger partial charge in [-0.05, 0) is 57.2 Å². The summed E-state index contributed by atoms with van der Waals surface area (Å²) >= 11 is 0. The lowest BCUT2D eigenvalue weighted by Gasteiger charge is -2.36. The molecule has 0 saturated carbocycles. The Morgan fingerprint density at radius 2 is 2.05 bits per heavy atom. The molecule has 110 valence electrons. The molecule has 0 bridgehead atoms. The average Bonchev–Trinajstić information content (AvgIpc) is 3.16. The van der Waals surface area contributed by atoms with Gasteiger partial charge < -0.3 is 5.32 Å². The van der Waals surface area contributed by atoms with Gasteiger partial charge in [0.2, 0.25) is 0 Å². The quantitative estimate of drug-likeness (QED) is 0.885. The van der Waals surface area contributed by atoms with E-state index in [1.165, 1.54) is 57.2 Å². The van der Waals surface area contributed by atoms with E-state index in [2.05, 4.69) is 47.5 Å². The molecule has 2 heteroatoms. The van der Waals surface area contributed by atoms with Crippen molar-refractivity contribution < 1.29 is 0 Å². The molecular weight excluding hydrogens is 244 g/mol. The topological polar surface area (TPSA) is 15.3 Å². The van der Waals surface area contributed by atoms with Crippen LogP contribution in [0.3, 0.4) is 0 Å². The SMILES string of the molecule is CCC(Cc1ccccc1)N1CCCC1C1CCCN1. The van der Waals surface area contributed by atoms with E-state index in [1.807, 2.05) is 0 Å². The van der Waals surface area contributed by atoms with Crippen LogP contribution < -0.4 is 5.32 Å². The summed E-state index contributed by atoms with van der Waals surface area (Å²) in [4.78, 5) is 2.82. The van der Waals surface area contributed by atoms with Gasteiger partial charge in [0.05, 0.1) is 0 Å². The molecule has 0 aliphatic carbocycles. The molecule has 3 rings (SSSR count). The summed E-state index contributed by atoms with van der Waals surface area (Å²) in [5.41, 5.74) is 1.49. The maximum absolute atomic E-state index is 3.73. The molecule has 2 aliphatic rings. The van der Waals surface area contributed by atoms with E-state index in [-0.39, 0.29) is 0 Å². The van der Waals surface area contributed by atoms with Crippen molar-refractivity contribution in [3.63, 3.8) is 0 Å². The monoisotopic (exact) mass is 272 g/mol. The van der Waals surface area contributed by atoms with Crippen molar-refractivity contribution in [3.8, 4) is 0 Å². The number of likely N-dealkylation sites (tertiary alicyclic amines) is 1. The molecule has 1 N–H and O–H groups in total. The Morgan fingerprint density at radius 3 is 2.75 bits per heavy atom. The van der Waals surface area contributed by atoms with E-state index in [1.54, 1.807) is 0 Å². The first-order chi connectivity index (χ1) is 9.88. The molecule has 2 fully saturated rings. The molecule has 2 saturated heterocycles. The first-order valence-corrected chi connectivity index (χ1v) is 8.41. The van der Waals surface area contributed by atoms with E-state index < -0.39 is 0 Å². The van der Waals surface area contributed by atoms with Gasteiger partial charge in [-0.25, -0.2) is 0 Å². The molecule has 2 aliphatic heterocycles. The van der Waals surface area contributed by atoms with E-state index >= 15 is 0 Å². The van der Waals surface area contributed by atoms with Crippen LogP contribution in [0, 0.1) is 0 Å². The Hall–Kier alpha value is -0.860. The summed E-state index contributed by atoms with van der Waals surface area (Å²) in [7, 11) is 0. The van der Waals surface area contributed by atoms with Crippen LogP contribution in [-0.4, -0.2) is 36.1 Å². The fourth-order valence-electron chi connectivity index (χ4n) is 4.12. The zero-order chi connectivity index (χ0) is 13.8. The largest absolute Gasteiger partial charge is 0.312 e. The minimum absolute atomic E-state index is 0.715. The third-order valence-electron chi connectivity index (χ3n) is 5.16. The maximum atomic E-state index is 3.73. The predicted octanol–water partition coefficient (Wildman–Crippen LogP) is 3.22. The molecular formula is C18H28N2. The van der Waals surface area contributed by atoms with Crippen LogP contribution in [0.25, 0.3) is 0 Å². The first-order valence-electron chi connectivity index (χ1n) is 8.41. The smallest absolute Gasteiger partial charge is 0.0252 e. The molecule has 1 aromatic rings. The van der Waals surface area contributed by atoms with Crippen molar-refractivity contribution >= 4 is 0 Å². The Bertz CT molecular complexity index is 397. The average molecular weight is 272 g/mol. The molecule has 0 aromatic heterocycles. The summed E-state index contributed by atoms with van der Waals surface area (Å²) in [6.07, 6.45) is 7.99.